The van der Waals surface area contributed by atoms with Gasteiger partial charge in [-0.3, -0.25) is 4.79 Å². The van der Waals surface area contributed by atoms with Gasteiger partial charge >= 0.3 is 0 Å². The van der Waals surface area contributed by atoms with Gasteiger partial charge in [0.2, 0.25) is 6.29 Å². The summed E-state index contributed by atoms with van der Waals surface area (Å²) in [4.78, 5) is 12.8. The van der Waals surface area contributed by atoms with Gasteiger partial charge in [0.15, 0.2) is 23.6 Å². The fourth-order valence-corrected chi connectivity index (χ4v) is 5.04. The molecule has 0 saturated carbocycles. The first-order chi connectivity index (χ1) is 19.8. The van der Waals surface area contributed by atoms with E-state index in [2.05, 4.69) is 0 Å². The van der Waals surface area contributed by atoms with E-state index in [0.717, 1.165) is 6.07 Å². The van der Waals surface area contributed by atoms with Crippen molar-refractivity contribution in [3.05, 3.63) is 41.5 Å². The second-order valence-electron chi connectivity index (χ2n) is 10.4. The smallest absolute Gasteiger partial charge is 0.229 e. The Balaban J connectivity index is 1.30. The Morgan fingerprint density at radius 1 is 0.786 bits per heavy atom. The molecule has 0 amide bonds. The van der Waals surface area contributed by atoms with Gasteiger partial charge in [-0.25, -0.2) is 0 Å². The molecule has 11 atom stereocenters. The standard InChI is InChI=1S/C27H32O15/c1-9-20(32)22(34)24(36)26(39-9)38-8-18-21(33)23(35)25(37)27(42-18)40-11-5-14(30)19-15(31)7-16(41-17(19)6-11)10-2-3-12(28)13(29)4-10/h2-6,9,16,18,20-30,32-37H,7-8H2,1H3/t9-,16+,18-,20+,21-,22-,23-,24+,25+,26-,27-/m1/s1. The molecule has 15 heteroatoms. The number of aromatic hydroxyl groups is 3. The van der Waals surface area contributed by atoms with Gasteiger partial charge in [-0.15, -0.1) is 0 Å². The summed E-state index contributed by atoms with van der Waals surface area (Å²) in [6.07, 6.45) is -16.1. The molecule has 2 aromatic carbocycles. The minimum Gasteiger partial charge on any atom is -0.507 e. The van der Waals surface area contributed by atoms with E-state index >= 15 is 0 Å². The van der Waals surface area contributed by atoms with Gasteiger partial charge in [-0.2, -0.15) is 0 Å². The van der Waals surface area contributed by atoms with Crippen LogP contribution in [0.1, 0.15) is 35.4 Å². The second kappa shape index (κ2) is 11.8. The van der Waals surface area contributed by atoms with Crippen LogP contribution in [0.2, 0.25) is 0 Å². The first kappa shape index (κ1) is 30.2. The van der Waals surface area contributed by atoms with Crippen molar-refractivity contribution in [1.29, 1.82) is 0 Å². The van der Waals surface area contributed by atoms with E-state index in [9.17, 15) is 50.8 Å². The van der Waals surface area contributed by atoms with E-state index in [1.54, 1.807) is 0 Å². The van der Waals surface area contributed by atoms with Gasteiger partial charge in [0.05, 0.1) is 19.1 Å². The second-order valence-corrected chi connectivity index (χ2v) is 10.4. The number of ketones is 1. The van der Waals surface area contributed by atoms with Gasteiger partial charge in [0, 0.05) is 12.1 Å². The van der Waals surface area contributed by atoms with Crippen LogP contribution < -0.4 is 9.47 Å². The van der Waals surface area contributed by atoms with Crippen LogP contribution in [0.5, 0.6) is 28.7 Å². The number of aliphatic hydroxyl groups excluding tert-OH is 6. The molecule has 3 aliphatic heterocycles. The van der Waals surface area contributed by atoms with Crippen LogP contribution in [0.4, 0.5) is 0 Å². The Morgan fingerprint density at radius 2 is 1.48 bits per heavy atom. The fraction of sp³-hybridized carbons (Fsp3) is 0.519. The third-order valence-corrected chi connectivity index (χ3v) is 7.50. The summed E-state index contributed by atoms with van der Waals surface area (Å²) in [6, 6.07) is 6.26. The lowest BCUT2D eigenvalue weighted by Gasteiger charge is -2.42. The largest absolute Gasteiger partial charge is 0.507 e. The molecule has 5 rings (SSSR count). The number of aliphatic hydroxyl groups is 6. The molecule has 0 aliphatic carbocycles. The SMILES string of the molecule is C[C@H]1O[C@@H](OC[C@H]2O[C@@H](Oc3cc(O)c4c(c3)O[C@H](c3ccc(O)c(O)c3)CC4=O)[C@@H](O)[C@H](O)[C@@H]2O)[C@@H](O)[C@H](O)[C@H]1O. The number of rotatable bonds is 6. The number of Topliss-reactive ketones (excluding diaryl/α,β-unsaturated/α-hetero) is 1. The van der Waals surface area contributed by atoms with Gasteiger partial charge in [0.25, 0.3) is 0 Å². The number of carbonyl (C=O) groups is 1. The molecule has 0 unspecified atom stereocenters. The lowest BCUT2D eigenvalue weighted by Crippen LogP contribution is -2.61. The highest BCUT2D eigenvalue weighted by Crippen LogP contribution is 2.43. The Morgan fingerprint density at radius 3 is 2.19 bits per heavy atom. The summed E-state index contributed by atoms with van der Waals surface area (Å²) < 4.78 is 27.9. The van der Waals surface area contributed by atoms with E-state index in [-0.39, 0.29) is 29.2 Å². The van der Waals surface area contributed by atoms with Crippen molar-refractivity contribution in [2.24, 2.45) is 0 Å². The van der Waals surface area contributed by atoms with E-state index in [4.69, 9.17) is 23.7 Å². The van der Waals surface area contributed by atoms with E-state index in [1.807, 2.05) is 0 Å². The van der Waals surface area contributed by atoms with Crippen LogP contribution >= 0.6 is 0 Å². The average Bonchev–Trinajstić information content (AvgIpc) is 2.95. The van der Waals surface area contributed by atoms with Crippen LogP contribution in [0, 0.1) is 0 Å². The molecule has 0 spiro atoms. The van der Waals surface area contributed by atoms with Crippen LogP contribution in [0.25, 0.3) is 0 Å². The van der Waals surface area contributed by atoms with Crippen LogP contribution in [-0.2, 0) is 14.2 Å². The summed E-state index contributed by atoms with van der Waals surface area (Å²) in [6.45, 7) is 0.949. The molecule has 3 heterocycles. The molecule has 3 aliphatic rings. The fourth-order valence-electron chi connectivity index (χ4n) is 5.04. The summed E-state index contributed by atoms with van der Waals surface area (Å²) in [5, 5.41) is 91.3. The molecule has 0 radical (unpaired) electrons. The molecule has 2 aromatic rings. The zero-order valence-electron chi connectivity index (χ0n) is 22.1. The predicted octanol–water partition coefficient (Wildman–Crippen LogP) is -1.46. The maximum absolute atomic E-state index is 12.8. The normalized spacial score (nSPS) is 36.6. The van der Waals surface area contributed by atoms with Crippen LogP contribution in [0.3, 0.4) is 0 Å². The van der Waals surface area contributed by atoms with Crippen LogP contribution in [0.15, 0.2) is 30.3 Å². The molecule has 0 aromatic heterocycles. The maximum atomic E-state index is 12.8. The molecule has 2 saturated heterocycles. The minimum absolute atomic E-state index is 0.0807. The van der Waals surface area contributed by atoms with E-state index in [0.29, 0.717) is 5.56 Å². The summed E-state index contributed by atoms with van der Waals surface area (Å²) in [5.41, 5.74) is 0.255. The first-order valence-corrected chi connectivity index (χ1v) is 13.1. The highest BCUT2D eigenvalue weighted by Gasteiger charge is 2.47. The number of benzene rings is 2. The quantitative estimate of drug-likeness (QED) is 0.173. The molecule has 9 N–H and O–H groups in total. The Bertz CT molecular complexity index is 1300. The molecule has 15 nitrogen and oxygen atoms in total. The van der Waals surface area contributed by atoms with E-state index < -0.39 is 91.4 Å². The van der Waals surface area contributed by atoms with Crippen molar-refractivity contribution in [2.75, 3.05) is 6.61 Å². The third kappa shape index (κ3) is 5.70. The molecule has 42 heavy (non-hydrogen) atoms. The summed E-state index contributed by atoms with van der Waals surface area (Å²) >= 11 is 0. The van der Waals surface area contributed by atoms with Crippen molar-refractivity contribution in [3.63, 3.8) is 0 Å². The maximum Gasteiger partial charge on any atom is 0.229 e. The predicted molar refractivity (Wildman–Crippen MR) is 136 cm³/mol. The van der Waals surface area contributed by atoms with Gasteiger partial charge in [-0.05, 0) is 24.6 Å². The monoisotopic (exact) mass is 596 g/mol. The number of carbonyl (C=O) groups excluding carboxylic acids is 1. The van der Waals surface area contributed by atoms with Crippen molar-refractivity contribution in [2.45, 2.75) is 80.9 Å². The number of hydrogen-bond acceptors (Lipinski definition) is 15. The summed E-state index contributed by atoms with van der Waals surface area (Å²) in [5.74, 6) is -1.96. The average molecular weight is 597 g/mol. The number of fused-ring (bicyclic) bond motifs is 1. The van der Waals surface area contributed by atoms with Crippen molar-refractivity contribution in [1.82, 2.24) is 0 Å². The highest BCUT2D eigenvalue weighted by molar-refractivity contribution is 6.02. The zero-order valence-corrected chi connectivity index (χ0v) is 22.1. The highest BCUT2D eigenvalue weighted by atomic mass is 16.7. The van der Waals surface area contributed by atoms with Crippen LogP contribution in [-0.4, -0.2) is 120 Å². The first-order valence-electron chi connectivity index (χ1n) is 13.1. The number of hydrogen-bond donors (Lipinski definition) is 9. The topological polar surface area (TPSA) is 245 Å². The zero-order chi connectivity index (χ0) is 30.5. The molecular formula is C27H32O15. The number of phenolic OH excluding ortho intramolecular Hbond substituents is 3. The van der Waals surface area contributed by atoms with Crippen molar-refractivity contribution >= 4 is 5.78 Å². The number of phenols is 3. The van der Waals surface area contributed by atoms with Gasteiger partial charge in [0.1, 0.15) is 71.6 Å². The van der Waals surface area contributed by atoms with Gasteiger partial charge in [-0.1, -0.05) is 6.07 Å². The van der Waals surface area contributed by atoms with Gasteiger partial charge < -0.3 is 69.6 Å². The Hall–Kier alpha value is -3.25. The Labute approximate surface area is 238 Å². The summed E-state index contributed by atoms with van der Waals surface area (Å²) in [7, 11) is 0. The Kier molecular flexibility index (Phi) is 8.48. The minimum atomic E-state index is -1.78. The van der Waals surface area contributed by atoms with Crippen molar-refractivity contribution < 1.29 is 74.4 Å². The molecule has 0 bridgehead atoms. The molecule has 2 fully saturated rings. The number of ether oxygens (including phenoxy) is 5. The third-order valence-electron chi connectivity index (χ3n) is 7.50. The van der Waals surface area contributed by atoms with Crippen molar-refractivity contribution in [3.8, 4) is 28.7 Å². The molecular weight excluding hydrogens is 564 g/mol. The van der Waals surface area contributed by atoms with E-state index in [1.165, 1.54) is 31.2 Å². The molecule has 230 valence electrons. The lowest BCUT2D eigenvalue weighted by molar-refractivity contribution is -0.318. The lowest BCUT2D eigenvalue weighted by atomic mass is 9.95.